The van der Waals surface area contributed by atoms with Crippen LogP contribution in [0.2, 0.25) is 0 Å². The Kier molecular flexibility index (Phi) is 6.73. The summed E-state index contributed by atoms with van der Waals surface area (Å²) >= 11 is 0. The zero-order valence-electron chi connectivity index (χ0n) is 20.5. The van der Waals surface area contributed by atoms with Gasteiger partial charge in [-0.2, -0.15) is 0 Å². The van der Waals surface area contributed by atoms with E-state index >= 15 is 0 Å². The number of fused-ring (bicyclic) bond motifs is 2. The number of carbonyl (C=O) groups is 1. The minimum Gasteiger partial charge on any atom is -0.507 e. The highest BCUT2D eigenvalue weighted by atomic mass is 16.4. The van der Waals surface area contributed by atoms with Gasteiger partial charge in [0.15, 0.2) is 5.43 Å². The van der Waals surface area contributed by atoms with Gasteiger partial charge in [-0.1, -0.05) is 42.5 Å². The molecule has 0 amide bonds. The van der Waals surface area contributed by atoms with E-state index in [1.54, 1.807) is 42.5 Å². The highest BCUT2D eigenvalue weighted by molar-refractivity contribution is 6.59. The minimum absolute atomic E-state index is 0.0290. The second-order valence-corrected chi connectivity index (χ2v) is 9.21. The summed E-state index contributed by atoms with van der Waals surface area (Å²) in [7, 11) is 0.237. The summed E-state index contributed by atoms with van der Waals surface area (Å²) in [5, 5.41) is 40.7. The van der Waals surface area contributed by atoms with Crippen LogP contribution in [0.25, 0.3) is 33.4 Å². The normalized spacial score (nSPS) is 11.4. The SMILES string of the molecule is CN(Cc1cc2c(-c3ccccc3C(=O)O)c3ccc(=O)cc-3oc2cc1O)Cc1ccccc1B(O)O. The van der Waals surface area contributed by atoms with Crippen LogP contribution in [0, 0.1) is 0 Å². The molecule has 0 bridgehead atoms. The molecular formula is C29H24BNO7. The summed E-state index contributed by atoms with van der Waals surface area (Å²) in [4.78, 5) is 26.1. The van der Waals surface area contributed by atoms with Gasteiger partial charge in [-0.25, -0.2) is 4.79 Å². The summed E-state index contributed by atoms with van der Waals surface area (Å²) in [6.45, 7) is 0.684. The molecule has 0 unspecified atom stereocenters. The maximum absolute atomic E-state index is 12.1. The van der Waals surface area contributed by atoms with Gasteiger partial charge in [0.25, 0.3) is 0 Å². The van der Waals surface area contributed by atoms with Crippen molar-refractivity contribution in [3.63, 3.8) is 0 Å². The van der Waals surface area contributed by atoms with Crippen LogP contribution >= 0.6 is 0 Å². The Bertz CT molecular complexity index is 1690. The van der Waals surface area contributed by atoms with Gasteiger partial charge in [0.05, 0.1) is 5.56 Å². The van der Waals surface area contributed by atoms with E-state index in [1.165, 1.54) is 24.3 Å². The van der Waals surface area contributed by atoms with E-state index in [2.05, 4.69) is 0 Å². The number of benzene rings is 4. The van der Waals surface area contributed by atoms with Gasteiger partial charge in [0.1, 0.15) is 17.1 Å². The molecule has 1 aliphatic heterocycles. The van der Waals surface area contributed by atoms with Crippen LogP contribution in [-0.4, -0.2) is 45.3 Å². The first-order chi connectivity index (χ1) is 18.2. The van der Waals surface area contributed by atoms with E-state index in [-0.39, 0.29) is 22.5 Å². The summed E-state index contributed by atoms with van der Waals surface area (Å²) < 4.78 is 5.99. The standard InChI is InChI=1S/C29H24BNO7/c1-31(15-17-6-2-5-9-24(17)30(36)37)16-18-12-23-27(14-25(18)33)38-26-13-19(32)10-11-22(26)28(23)20-7-3-4-8-21(20)29(34)35/h2-14,33,36-37H,15-16H2,1H3,(H,34,35). The van der Waals surface area contributed by atoms with Crippen molar-refractivity contribution in [2.75, 3.05) is 7.05 Å². The second-order valence-electron chi connectivity index (χ2n) is 9.21. The Labute approximate surface area is 218 Å². The predicted molar refractivity (Wildman–Crippen MR) is 145 cm³/mol. The monoisotopic (exact) mass is 509 g/mol. The molecule has 0 radical (unpaired) electrons. The quantitative estimate of drug-likeness (QED) is 0.194. The van der Waals surface area contributed by atoms with Gasteiger partial charge in [0.2, 0.25) is 0 Å². The first-order valence-electron chi connectivity index (χ1n) is 11.9. The Hall–Kier alpha value is -4.44. The number of aromatic hydroxyl groups is 1. The number of phenolic OH excluding ortho intramolecular Hbond substituents is 1. The van der Waals surface area contributed by atoms with E-state index < -0.39 is 13.1 Å². The fourth-order valence-electron chi connectivity index (χ4n) is 4.82. The lowest BCUT2D eigenvalue weighted by atomic mass is 9.77. The first kappa shape index (κ1) is 25.2. The number of hydrogen-bond donors (Lipinski definition) is 4. The Morgan fingerprint density at radius 2 is 1.61 bits per heavy atom. The molecule has 0 aromatic heterocycles. The summed E-state index contributed by atoms with van der Waals surface area (Å²) in [6.07, 6.45) is 0. The van der Waals surface area contributed by atoms with E-state index in [0.717, 1.165) is 5.56 Å². The van der Waals surface area contributed by atoms with E-state index in [4.69, 9.17) is 4.42 Å². The molecule has 3 aromatic carbocycles. The molecule has 4 N–H and O–H groups in total. The van der Waals surface area contributed by atoms with Gasteiger partial charge >= 0.3 is 13.1 Å². The van der Waals surface area contributed by atoms with Gasteiger partial charge in [-0.3, -0.25) is 9.69 Å². The highest BCUT2D eigenvalue weighted by Crippen LogP contribution is 2.42. The van der Waals surface area contributed by atoms with Crippen LogP contribution in [0.4, 0.5) is 0 Å². The maximum Gasteiger partial charge on any atom is 0.488 e. The fraction of sp³-hybridized carbons (Fsp3) is 0.103. The number of rotatable bonds is 7. The minimum atomic E-state index is -1.60. The number of phenols is 1. The van der Waals surface area contributed by atoms with Crippen molar-refractivity contribution in [3.05, 3.63) is 106 Å². The summed E-state index contributed by atoms with van der Waals surface area (Å²) in [5.41, 5.74) is 3.45. The van der Waals surface area contributed by atoms with Crippen molar-refractivity contribution >= 4 is 29.5 Å². The van der Waals surface area contributed by atoms with Crippen molar-refractivity contribution in [3.8, 4) is 28.2 Å². The highest BCUT2D eigenvalue weighted by Gasteiger charge is 2.23. The number of carboxylic acid groups (broad SMARTS) is 1. The van der Waals surface area contributed by atoms with E-state index in [1.807, 2.05) is 24.1 Å². The van der Waals surface area contributed by atoms with Gasteiger partial charge in [0, 0.05) is 47.3 Å². The molecule has 0 saturated carbocycles. The lowest BCUT2D eigenvalue weighted by Gasteiger charge is -2.21. The summed E-state index contributed by atoms with van der Waals surface area (Å²) in [5.74, 6) is -0.839. The second kappa shape index (κ2) is 10.1. The molecule has 0 atom stereocenters. The lowest BCUT2D eigenvalue weighted by molar-refractivity contribution is 0.0697. The maximum atomic E-state index is 12.1. The first-order valence-corrected chi connectivity index (χ1v) is 11.9. The molecule has 0 fully saturated rings. The molecule has 5 rings (SSSR count). The molecule has 38 heavy (non-hydrogen) atoms. The Balaban J connectivity index is 1.66. The molecule has 1 aliphatic carbocycles. The molecule has 0 saturated heterocycles. The van der Waals surface area contributed by atoms with Crippen molar-refractivity contribution in [1.29, 1.82) is 0 Å². The lowest BCUT2D eigenvalue weighted by Crippen LogP contribution is -2.34. The number of hydrogen-bond acceptors (Lipinski definition) is 7. The van der Waals surface area contributed by atoms with Crippen LogP contribution in [0.5, 0.6) is 5.75 Å². The third-order valence-corrected chi connectivity index (χ3v) is 6.53. The number of nitrogens with zero attached hydrogens (tertiary/aromatic N) is 1. The molecular weight excluding hydrogens is 485 g/mol. The van der Waals surface area contributed by atoms with E-state index in [9.17, 15) is 29.9 Å². The van der Waals surface area contributed by atoms with Crippen molar-refractivity contribution in [2.45, 2.75) is 13.1 Å². The Morgan fingerprint density at radius 1 is 0.895 bits per heavy atom. The van der Waals surface area contributed by atoms with Crippen molar-refractivity contribution in [2.24, 2.45) is 0 Å². The molecule has 0 spiro atoms. The van der Waals surface area contributed by atoms with Crippen molar-refractivity contribution in [1.82, 2.24) is 4.90 Å². The molecule has 190 valence electrons. The number of aromatic carboxylic acids is 1. The fourth-order valence-corrected chi connectivity index (χ4v) is 4.82. The van der Waals surface area contributed by atoms with Crippen LogP contribution in [-0.2, 0) is 13.1 Å². The van der Waals surface area contributed by atoms with E-state index in [0.29, 0.717) is 51.8 Å². The van der Waals surface area contributed by atoms with Crippen LogP contribution in [0.1, 0.15) is 21.5 Å². The molecule has 8 nitrogen and oxygen atoms in total. The predicted octanol–water partition coefficient (Wildman–Crippen LogP) is 3.28. The van der Waals surface area contributed by atoms with Crippen LogP contribution in [0.3, 0.4) is 0 Å². The number of carboxylic acids is 1. The van der Waals surface area contributed by atoms with Gasteiger partial charge < -0.3 is 24.7 Å². The largest absolute Gasteiger partial charge is 0.507 e. The zero-order chi connectivity index (χ0) is 27.0. The summed E-state index contributed by atoms with van der Waals surface area (Å²) in [6, 6.07) is 21.2. The third-order valence-electron chi connectivity index (χ3n) is 6.53. The molecule has 3 aromatic rings. The average molecular weight is 509 g/mol. The van der Waals surface area contributed by atoms with Gasteiger partial charge in [-0.05, 0) is 47.9 Å². The third kappa shape index (κ3) is 4.78. The van der Waals surface area contributed by atoms with Crippen molar-refractivity contribution < 1.29 is 29.5 Å². The average Bonchev–Trinajstić information content (AvgIpc) is 2.88. The molecule has 9 heteroatoms. The Morgan fingerprint density at radius 3 is 2.37 bits per heavy atom. The zero-order valence-corrected chi connectivity index (χ0v) is 20.5. The molecule has 2 aliphatic rings. The van der Waals surface area contributed by atoms with Crippen LogP contribution < -0.4 is 10.9 Å². The topological polar surface area (TPSA) is 131 Å². The van der Waals surface area contributed by atoms with Gasteiger partial charge in [-0.15, -0.1) is 0 Å². The smallest absolute Gasteiger partial charge is 0.488 e. The van der Waals surface area contributed by atoms with Crippen LogP contribution in [0.15, 0.2) is 88.1 Å². The molecule has 1 heterocycles.